The maximum atomic E-state index is 13.1. The van der Waals surface area contributed by atoms with Crippen molar-refractivity contribution < 1.29 is 18.6 Å². The molecule has 1 aliphatic rings. The van der Waals surface area contributed by atoms with Gasteiger partial charge < -0.3 is 9.84 Å². The lowest BCUT2D eigenvalue weighted by Crippen LogP contribution is -2.36. The van der Waals surface area contributed by atoms with Crippen LogP contribution in [-0.2, 0) is 10.3 Å². The Labute approximate surface area is 99.2 Å². The molecule has 1 fully saturated rings. The zero-order chi connectivity index (χ0) is 12.5. The number of halogens is 2. The van der Waals surface area contributed by atoms with Crippen molar-refractivity contribution in [2.24, 2.45) is 0 Å². The van der Waals surface area contributed by atoms with Crippen molar-refractivity contribution in [3.63, 3.8) is 0 Å². The maximum absolute atomic E-state index is 13.1. The summed E-state index contributed by atoms with van der Waals surface area (Å²) < 4.78 is 31.5. The average molecular weight is 242 g/mol. The van der Waals surface area contributed by atoms with Gasteiger partial charge >= 0.3 is 0 Å². The number of hydrogen-bond donors (Lipinski definition) is 1. The minimum Gasteiger partial charge on any atom is -0.385 e. The summed E-state index contributed by atoms with van der Waals surface area (Å²) in [6.45, 7) is 0. The van der Waals surface area contributed by atoms with E-state index in [1.54, 1.807) is 7.11 Å². The van der Waals surface area contributed by atoms with Gasteiger partial charge in [0, 0.05) is 19.6 Å². The highest BCUT2D eigenvalue weighted by molar-refractivity contribution is 5.25. The first-order valence-electron chi connectivity index (χ1n) is 5.75. The third-order valence-electron chi connectivity index (χ3n) is 3.42. The van der Waals surface area contributed by atoms with Crippen LogP contribution in [0.15, 0.2) is 18.2 Å². The molecule has 0 radical (unpaired) electrons. The number of methoxy groups -OCH3 is 1. The third kappa shape index (κ3) is 2.64. The highest BCUT2D eigenvalue weighted by atomic mass is 19.1. The first-order valence-corrected chi connectivity index (χ1v) is 5.75. The molecule has 1 aromatic rings. The van der Waals surface area contributed by atoms with E-state index in [9.17, 15) is 13.9 Å². The van der Waals surface area contributed by atoms with Crippen molar-refractivity contribution in [3.8, 4) is 0 Å². The fourth-order valence-corrected chi connectivity index (χ4v) is 2.49. The van der Waals surface area contributed by atoms with Crippen LogP contribution in [0.25, 0.3) is 0 Å². The molecule has 2 nitrogen and oxygen atoms in total. The van der Waals surface area contributed by atoms with Gasteiger partial charge in [0.25, 0.3) is 0 Å². The largest absolute Gasteiger partial charge is 0.385 e. The maximum Gasteiger partial charge on any atom is 0.126 e. The zero-order valence-electron chi connectivity index (χ0n) is 9.75. The molecule has 0 heterocycles. The summed E-state index contributed by atoms with van der Waals surface area (Å²) in [7, 11) is 1.59. The Morgan fingerprint density at radius 3 is 2.53 bits per heavy atom. The van der Waals surface area contributed by atoms with Crippen LogP contribution in [0, 0.1) is 11.6 Å². The Balaban J connectivity index is 2.30. The molecule has 0 aromatic heterocycles. The van der Waals surface area contributed by atoms with Gasteiger partial charge in [-0.3, -0.25) is 0 Å². The van der Waals surface area contributed by atoms with Gasteiger partial charge in [0.05, 0.1) is 11.7 Å². The van der Waals surface area contributed by atoms with Gasteiger partial charge in [-0.25, -0.2) is 8.78 Å². The minimum absolute atomic E-state index is 0.0555. The van der Waals surface area contributed by atoms with Crippen LogP contribution in [0.2, 0.25) is 0 Å². The molecule has 2 rings (SSSR count). The van der Waals surface area contributed by atoms with E-state index in [0.29, 0.717) is 18.4 Å². The first-order chi connectivity index (χ1) is 8.03. The quantitative estimate of drug-likeness (QED) is 0.864. The van der Waals surface area contributed by atoms with E-state index in [4.69, 9.17) is 4.74 Å². The van der Waals surface area contributed by atoms with Crippen LogP contribution in [0.5, 0.6) is 0 Å². The van der Waals surface area contributed by atoms with Crippen molar-refractivity contribution in [1.82, 2.24) is 0 Å². The van der Waals surface area contributed by atoms with Gasteiger partial charge in [-0.05, 0) is 37.0 Å². The van der Waals surface area contributed by atoms with Crippen molar-refractivity contribution in [2.75, 3.05) is 7.11 Å². The number of rotatable bonds is 2. The minimum atomic E-state index is -1.18. The van der Waals surface area contributed by atoms with E-state index in [1.165, 1.54) is 12.1 Å². The average Bonchev–Trinajstić information content (AvgIpc) is 2.28. The molecular weight excluding hydrogens is 226 g/mol. The molecule has 4 heteroatoms. The summed E-state index contributed by atoms with van der Waals surface area (Å²) in [6, 6.07) is 3.20. The molecule has 0 spiro atoms. The summed E-state index contributed by atoms with van der Waals surface area (Å²) in [5.74, 6) is -1.32. The van der Waals surface area contributed by atoms with E-state index in [-0.39, 0.29) is 6.10 Å². The lowest BCUT2D eigenvalue weighted by molar-refractivity contribution is -0.0634. The molecule has 94 valence electrons. The topological polar surface area (TPSA) is 29.5 Å². The van der Waals surface area contributed by atoms with Gasteiger partial charge in [-0.1, -0.05) is 0 Å². The molecule has 0 bridgehead atoms. The number of hydrogen-bond acceptors (Lipinski definition) is 2. The molecule has 0 aliphatic heterocycles. The van der Waals surface area contributed by atoms with Crippen molar-refractivity contribution in [3.05, 3.63) is 35.4 Å². The van der Waals surface area contributed by atoms with Gasteiger partial charge in [0.1, 0.15) is 11.6 Å². The second-order valence-corrected chi connectivity index (χ2v) is 4.64. The van der Waals surface area contributed by atoms with Crippen LogP contribution in [0.1, 0.15) is 31.2 Å². The fraction of sp³-hybridized carbons (Fsp3) is 0.538. The van der Waals surface area contributed by atoms with Gasteiger partial charge in [-0.2, -0.15) is 0 Å². The fourth-order valence-electron chi connectivity index (χ4n) is 2.49. The highest BCUT2D eigenvalue weighted by Gasteiger charge is 2.36. The van der Waals surface area contributed by atoms with Crippen LogP contribution < -0.4 is 0 Å². The van der Waals surface area contributed by atoms with Gasteiger partial charge in [-0.15, -0.1) is 0 Å². The molecule has 1 aromatic carbocycles. The summed E-state index contributed by atoms with van der Waals surface area (Å²) in [5, 5.41) is 10.5. The monoisotopic (exact) mass is 242 g/mol. The smallest absolute Gasteiger partial charge is 0.126 e. The Hall–Kier alpha value is -1.00. The molecule has 1 saturated carbocycles. The normalized spacial score (nSPS) is 29.3. The second kappa shape index (κ2) is 4.70. The zero-order valence-corrected chi connectivity index (χ0v) is 9.75. The van der Waals surface area contributed by atoms with E-state index < -0.39 is 17.2 Å². The Morgan fingerprint density at radius 2 is 1.94 bits per heavy atom. The van der Waals surface area contributed by atoms with Crippen LogP contribution >= 0.6 is 0 Å². The Kier molecular flexibility index (Phi) is 3.45. The first kappa shape index (κ1) is 12.5. The number of aliphatic hydroxyl groups is 1. The van der Waals surface area contributed by atoms with E-state index >= 15 is 0 Å². The molecule has 2 atom stereocenters. The van der Waals surface area contributed by atoms with Crippen molar-refractivity contribution >= 4 is 0 Å². The summed E-state index contributed by atoms with van der Waals surface area (Å²) in [5.41, 5.74) is -0.876. The van der Waals surface area contributed by atoms with E-state index in [1.807, 2.05) is 0 Å². The number of ether oxygens (including phenoxy) is 1. The predicted molar refractivity (Wildman–Crippen MR) is 59.5 cm³/mol. The van der Waals surface area contributed by atoms with Crippen LogP contribution in [0.3, 0.4) is 0 Å². The molecule has 0 saturated heterocycles. The van der Waals surface area contributed by atoms with Gasteiger partial charge in [0.2, 0.25) is 0 Å². The summed E-state index contributed by atoms with van der Waals surface area (Å²) in [6.07, 6.45) is 2.49. The van der Waals surface area contributed by atoms with Crippen LogP contribution in [0.4, 0.5) is 8.78 Å². The lowest BCUT2D eigenvalue weighted by Gasteiger charge is -2.36. The molecule has 0 amide bonds. The van der Waals surface area contributed by atoms with Crippen LogP contribution in [-0.4, -0.2) is 18.3 Å². The van der Waals surface area contributed by atoms with E-state index in [2.05, 4.69) is 0 Å². The second-order valence-electron chi connectivity index (χ2n) is 4.64. The standard InChI is InChI=1S/C13H16F2O2/c1-17-12-3-2-4-13(16,8-12)9-5-10(14)7-11(15)6-9/h5-7,12,16H,2-4,8H2,1H3. The molecule has 1 aliphatic carbocycles. The summed E-state index contributed by atoms with van der Waals surface area (Å²) >= 11 is 0. The van der Waals surface area contributed by atoms with E-state index in [0.717, 1.165) is 18.9 Å². The van der Waals surface area contributed by atoms with Crippen molar-refractivity contribution in [2.45, 2.75) is 37.4 Å². The predicted octanol–water partition coefficient (Wildman–Crippen LogP) is 2.74. The lowest BCUT2D eigenvalue weighted by atomic mass is 9.78. The summed E-state index contributed by atoms with van der Waals surface area (Å²) in [4.78, 5) is 0. The van der Waals surface area contributed by atoms with Gasteiger partial charge in [0.15, 0.2) is 0 Å². The van der Waals surface area contributed by atoms with Crippen molar-refractivity contribution in [1.29, 1.82) is 0 Å². The molecule has 2 unspecified atom stereocenters. The Bertz CT molecular complexity index is 388. The SMILES string of the molecule is COC1CCCC(O)(c2cc(F)cc(F)c2)C1. The Morgan fingerprint density at radius 1 is 1.29 bits per heavy atom. The molecule has 17 heavy (non-hydrogen) atoms. The number of benzene rings is 1. The third-order valence-corrected chi connectivity index (χ3v) is 3.42. The molecule has 1 N–H and O–H groups in total. The molecular formula is C13H16F2O2. The highest BCUT2D eigenvalue weighted by Crippen LogP contribution is 2.38.